The number of benzene rings is 3. The number of carboxylic acid groups (broad SMARTS) is 1. The van der Waals surface area contributed by atoms with Crippen molar-refractivity contribution in [1.82, 2.24) is 20.6 Å². The van der Waals surface area contributed by atoms with Gasteiger partial charge in [-0.2, -0.15) is 0 Å². The number of carboxylic acids is 1. The molecule has 1 aromatic heterocycles. The number of nitrogens with zero attached hydrogens (tertiary/aromatic N) is 2. The number of aromatic nitrogens is 2. The third-order valence-corrected chi connectivity index (χ3v) is 8.64. The van der Waals surface area contributed by atoms with Crippen molar-refractivity contribution in [3.8, 4) is 28.3 Å². The highest BCUT2D eigenvalue weighted by molar-refractivity contribution is 5.93. The summed E-state index contributed by atoms with van der Waals surface area (Å²) in [5, 5.41) is 15.0. The maximum absolute atomic E-state index is 13.5. The summed E-state index contributed by atoms with van der Waals surface area (Å²) in [6.07, 6.45) is 9.78. The smallest absolute Gasteiger partial charge is 0.408 e. The quantitative estimate of drug-likeness (QED) is 0.104. The zero-order valence-corrected chi connectivity index (χ0v) is 27.8. The number of aliphatic carboxylic acids is 1. The average Bonchev–Trinajstić information content (AvgIpc) is 3.64. The number of carbonyl (C=O) groups is 3. The average molecular weight is 665 g/mol. The number of carbonyl (C=O) groups excluding carboxylic acids is 2. The van der Waals surface area contributed by atoms with Gasteiger partial charge >= 0.3 is 12.1 Å². The number of unbranched alkanes of at least 4 members (excludes halogenated alkanes) is 4. The molecule has 3 N–H and O–H groups in total. The van der Waals surface area contributed by atoms with E-state index < -0.39 is 30.2 Å². The molecule has 10 heteroatoms. The Bertz CT molecular complexity index is 1650. The monoisotopic (exact) mass is 664 g/mol. The fourth-order valence-corrected chi connectivity index (χ4v) is 5.83. The van der Waals surface area contributed by atoms with Crippen LogP contribution < -0.4 is 15.4 Å². The molecule has 0 aliphatic carbocycles. The van der Waals surface area contributed by atoms with Gasteiger partial charge < -0.3 is 19.9 Å². The van der Waals surface area contributed by atoms with Crippen molar-refractivity contribution in [2.75, 3.05) is 6.61 Å². The SMILES string of the molecule is CCCCCCCOc1ccc(-c2cnc(-c3ccc(CC(NC(=O)OCc4ccccc4)C(=O)C4CCC(C(=O)O)N4)cc3)nc2)cc1. The third-order valence-electron chi connectivity index (χ3n) is 8.64. The second kappa shape index (κ2) is 17.9. The molecule has 0 radical (unpaired) electrons. The van der Waals surface area contributed by atoms with Crippen molar-refractivity contribution in [1.29, 1.82) is 0 Å². The van der Waals surface area contributed by atoms with Gasteiger partial charge in [0.2, 0.25) is 0 Å². The van der Waals surface area contributed by atoms with Crippen LogP contribution in [0.4, 0.5) is 4.79 Å². The third kappa shape index (κ3) is 10.4. The summed E-state index contributed by atoms with van der Waals surface area (Å²) >= 11 is 0. The lowest BCUT2D eigenvalue weighted by molar-refractivity contribution is -0.139. The molecule has 4 aromatic rings. The summed E-state index contributed by atoms with van der Waals surface area (Å²) in [5.41, 5.74) is 4.31. The second-order valence-electron chi connectivity index (χ2n) is 12.3. The van der Waals surface area contributed by atoms with Crippen LogP contribution in [0.3, 0.4) is 0 Å². The van der Waals surface area contributed by atoms with Crippen molar-refractivity contribution >= 4 is 17.8 Å². The number of Topliss-reactive ketones (excluding diaryl/α,β-unsaturated/α-hetero) is 1. The Labute approximate surface area is 287 Å². The topological polar surface area (TPSA) is 140 Å². The molecule has 1 saturated heterocycles. The van der Waals surface area contributed by atoms with E-state index in [-0.39, 0.29) is 18.8 Å². The number of ketones is 1. The van der Waals surface area contributed by atoms with Gasteiger partial charge in [0.1, 0.15) is 18.4 Å². The highest BCUT2D eigenvalue weighted by Crippen LogP contribution is 2.24. The minimum absolute atomic E-state index is 0.0584. The van der Waals surface area contributed by atoms with Crippen molar-refractivity contribution in [2.24, 2.45) is 0 Å². The first-order valence-electron chi connectivity index (χ1n) is 17.0. The Morgan fingerprint density at radius 3 is 2.16 bits per heavy atom. The van der Waals surface area contributed by atoms with Gasteiger partial charge in [0.25, 0.3) is 0 Å². The van der Waals surface area contributed by atoms with Crippen LogP contribution in [0.2, 0.25) is 0 Å². The summed E-state index contributed by atoms with van der Waals surface area (Å²) in [4.78, 5) is 46.9. The van der Waals surface area contributed by atoms with Crippen molar-refractivity contribution < 1.29 is 29.0 Å². The molecule has 1 aliphatic heterocycles. The van der Waals surface area contributed by atoms with E-state index in [4.69, 9.17) is 9.47 Å². The fraction of sp³-hybridized carbons (Fsp3) is 0.359. The van der Waals surface area contributed by atoms with E-state index >= 15 is 0 Å². The molecule has 3 aromatic carbocycles. The number of alkyl carbamates (subject to hydrolysis) is 1. The predicted molar refractivity (Wildman–Crippen MR) is 187 cm³/mol. The number of rotatable bonds is 17. The van der Waals surface area contributed by atoms with E-state index in [1.165, 1.54) is 25.7 Å². The molecule has 1 fully saturated rings. The lowest BCUT2D eigenvalue weighted by Crippen LogP contribution is -2.50. The molecule has 10 nitrogen and oxygen atoms in total. The van der Waals surface area contributed by atoms with E-state index in [0.29, 0.717) is 18.7 Å². The van der Waals surface area contributed by atoms with Gasteiger partial charge in [0.05, 0.1) is 18.7 Å². The molecule has 0 saturated carbocycles. The summed E-state index contributed by atoms with van der Waals surface area (Å²) in [6.45, 7) is 2.99. The Morgan fingerprint density at radius 1 is 0.816 bits per heavy atom. The lowest BCUT2D eigenvalue weighted by atomic mass is 9.96. The molecule has 2 heterocycles. The first-order chi connectivity index (χ1) is 23.9. The van der Waals surface area contributed by atoms with Crippen LogP contribution in [-0.2, 0) is 27.4 Å². The van der Waals surface area contributed by atoms with Gasteiger partial charge in [-0.3, -0.25) is 14.9 Å². The molecule has 3 unspecified atom stereocenters. The van der Waals surface area contributed by atoms with Crippen molar-refractivity contribution in [3.05, 3.63) is 102 Å². The van der Waals surface area contributed by atoms with Crippen LogP contribution in [0, 0.1) is 0 Å². The van der Waals surface area contributed by atoms with E-state index in [0.717, 1.165) is 46.6 Å². The molecular formula is C39H44N4O6. The van der Waals surface area contributed by atoms with Crippen molar-refractivity contribution in [2.45, 2.75) is 83.0 Å². The highest BCUT2D eigenvalue weighted by Gasteiger charge is 2.36. The van der Waals surface area contributed by atoms with E-state index in [9.17, 15) is 19.5 Å². The summed E-state index contributed by atoms with van der Waals surface area (Å²) in [6, 6.07) is 22.3. The Morgan fingerprint density at radius 2 is 1.49 bits per heavy atom. The predicted octanol–water partition coefficient (Wildman–Crippen LogP) is 6.77. The first-order valence-corrected chi connectivity index (χ1v) is 17.0. The minimum Gasteiger partial charge on any atom is -0.494 e. The van der Waals surface area contributed by atoms with Crippen molar-refractivity contribution in [3.63, 3.8) is 0 Å². The zero-order valence-electron chi connectivity index (χ0n) is 27.8. The van der Waals surface area contributed by atoms with Crippen LogP contribution in [0.5, 0.6) is 5.75 Å². The Hall–Kier alpha value is -5.09. The molecule has 1 aliphatic rings. The van der Waals surface area contributed by atoms with Crippen LogP contribution >= 0.6 is 0 Å². The molecule has 3 atom stereocenters. The summed E-state index contributed by atoms with van der Waals surface area (Å²) in [7, 11) is 0. The highest BCUT2D eigenvalue weighted by atomic mass is 16.5. The molecular weight excluding hydrogens is 620 g/mol. The maximum Gasteiger partial charge on any atom is 0.408 e. The Balaban J connectivity index is 1.19. The fourth-order valence-electron chi connectivity index (χ4n) is 5.83. The van der Waals surface area contributed by atoms with E-state index in [1.807, 2.05) is 78.9 Å². The molecule has 0 spiro atoms. The zero-order chi connectivity index (χ0) is 34.4. The molecule has 1 amide bonds. The molecule has 49 heavy (non-hydrogen) atoms. The summed E-state index contributed by atoms with van der Waals surface area (Å²) in [5.74, 6) is 0.122. The van der Waals surface area contributed by atoms with Crippen LogP contribution in [0.25, 0.3) is 22.5 Å². The van der Waals surface area contributed by atoms with Gasteiger partial charge in [-0.25, -0.2) is 14.8 Å². The molecule has 0 bridgehead atoms. The summed E-state index contributed by atoms with van der Waals surface area (Å²) < 4.78 is 11.3. The largest absolute Gasteiger partial charge is 0.494 e. The molecule has 256 valence electrons. The van der Waals surface area contributed by atoms with Gasteiger partial charge in [-0.15, -0.1) is 0 Å². The van der Waals surface area contributed by atoms with Gasteiger partial charge in [0, 0.05) is 23.5 Å². The minimum atomic E-state index is -1.00. The normalized spacial score (nSPS) is 16.1. The Kier molecular flexibility index (Phi) is 12.9. The van der Waals surface area contributed by atoms with E-state index in [1.54, 1.807) is 12.4 Å². The molecule has 5 rings (SSSR count). The number of hydrogen-bond donors (Lipinski definition) is 3. The number of nitrogens with one attached hydrogen (secondary N) is 2. The standard InChI is InChI=1S/C39H44N4O6/c1-2-3-4-5-9-22-48-32-18-16-29(17-19-32)31-24-40-37(41-25-31)30-14-12-27(13-15-30)23-35(36(44)33-20-21-34(42-33)38(45)46)43-39(47)49-26-28-10-7-6-8-11-28/h6-8,10-19,24-25,33-35,42H,2-5,9,20-23,26H2,1H3,(H,43,47)(H,45,46). The van der Waals surface area contributed by atoms with E-state index in [2.05, 4.69) is 27.5 Å². The second-order valence-corrected chi connectivity index (χ2v) is 12.3. The van der Waals surface area contributed by atoms with Gasteiger partial charge in [-0.1, -0.05) is 99.3 Å². The number of amides is 1. The number of ether oxygens (including phenoxy) is 2. The first kappa shape index (κ1) is 35.2. The van der Waals surface area contributed by atoms with Gasteiger partial charge in [-0.05, 0) is 54.5 Å². The maximum atomic E-state index is 13.5. The van der Waals surface area contributed by atoms with Crippen LogP contribution in [0.15, 0.2) is 91.3 Å². The van der Waals surface area contributed by atoms with Gasteiger partial charge in [0.15, 0.2) is 11.6 Å². The lowest BCUT2D eigenvalue weighted by Gasteiger charge is -2.21. The van der Waals surface area contributed by atoms with Crippen LogP contribution in [0.1, 0.15) is 63.0 Å². The number of hydrogen-bond acceptors (Lipinski definition) is 8. The van der Waals surface area contributed by atoms with Crippen LogP contribution in [-0.4, -0.2) is 57.7 Å².